The predicted molar refractivity (Wildman–Crippen MR) is 50.5 cm³/mol. The smallest absolute Gasteiger partial charge is 0.368 e. The van der Waals surface area contributed by atoms with Gasteiger partial charge < -0.3 is 18.8 Å². The lowest BCUT2D eigenvalue weighted by Gasteiger charge is -2.05. The van der Waals surface area contributed by atoms with Gasteiger partial charge in [-0.05, 0) is 6.92 Å². The van der Waals surface area contributed by atoms with E-state index in [1.807, 2.05) is 36.4 Å². The lowest BCUT2D eigenvalue weighted by Crippen LogP contribution is -2.38. The summed E-state index contributed by atoms with van der Waals surface area (Å²) in [5.74, 6) is 0. The maximum absolute atomic E-state index is 8.05. The highest BCUT2D eigenvalue weighted by atomic mass is 28.4. The molecule has 0 spiro atoms. The fourth-order valence-electron chi connectivity index (χ4n) is 0.579. The molecule has 0 amide bonds. The Hall–Kier alpha value is -0.723. The summed E-state index contributed by atoms with van der Waals surface area (Å²) in [5.41, 5.74) is 0. The highest BCUT2D eigenvalue weighted by molar-refractivity contribution is 6.48. The SMILES string of the molecule is CCO[Si](O)(O)O.c1ccccc1. The molecule has 0 atom stereocenters. The normalized spacial score (nSPS) is 10.2. The average Bonchev–Trinajstić information content (AvgIpc) is 2.06. The van der Waals surface area contributed by atoms with Gasteiger partial charge in [0.15, 0.2) is 0 Å². The largest absolute Gasteiger partial charge is 0.671 e. The molecule has 0 unspecified atom stereocenters. The van der Waals surface area contributed by atoms with E-state index in [9.17, 15) is 0 Å². The van der Waals surface area contributed by atoms with Crippen LogP contribution in [0.25, 0.3) is 0 Å². The molecule has 74 valence electrons. The van der Waals surface area contributed by atoms with Crippen LogP contribution in [-0.2, 0) is 4.43 Å². The van der Waals surface area contributed by atoms with Crippen molar-refractivity contribution in [2.45, 2.75) is 6.92 Å². The molecular weight excluding hydrogens is 188 g/mol. The Bertz CT molecular complexity index is 170. The van der Waals surface area contributed by atoms with Crippen molar-refractivity contribution in [2.75, 3.05) is 6.61 Å². The van der Waals surface area contributed by atoms with E-state index in [2.05, 4.69) is 4.43 Å². The quantitative estimate of drug-likeness (QED) is 0.596. The molecule has 1 aromatic rings. The Kier molecular flexibility index (Phi) is 6.38. The highest BCUT2D eigenvalue weighted by Gasteiger charge is 2.28. The lowest BCUT2D eigenvalue weighted by atomic mass is 10.4. The molecule has 0 saturated carbocycles. The first kappa shape index (κ1) is 12.3. The van der Waals surface area contributed by atoms with E-state index in [1.165, 1.54) is 0 Å². The highest BCUT2D eigenvalue weighted by Crippen LogP contribution is 1.85. The summed E-state index contributed by atoms with van der Waals surface area (Å²) in [6.45, 7) is 1.68. The van der Waals surface area contributed by atoms with Crippen LogP contribution in [0.15, 0.2) is 36.4 Å². The van der Waals surface area contributed by atoms with Crippen molar-refractivity contribution in [3.8, 4) is 0 Å². The Balaban J connectivity index is 0.000000223. The van der Waals surface area contributed by atoms with Crippen molar-refractivity contribution in [2.24, 2.45) is 0 Å². The summed E-state index contributed by atoms with van der Waals surface area (Å²) in [7, 11) is -4.16. The Morgan fingerprint density at radius 1 is 0.923 bits per heavy atom. The Morgan fingerprint density at radius 3 is 1.31 bits per heavy atom. The van der Waals surface area contributed by atoms with Crippen molar-refractivity contribution < 1.29 is 18.8 Å². The summed E-state index contributed by atoms with van der Waals surface area (Å²) in [4.78, 5) is 24.1. The van der Waals surface area contributed by atoms with Gasteiger partial charge in [0.1, 0.15) is 0 Å². The Labute approximate surface area is 78.5 Å². The van der Waals surface area contributed by atoms with E-state index in [0.717, 1.165) is 0 Å². The molecule has 0 aliphatic heterocycles. The molecule has 1 aromatic carbocycles. The fourth-order valence-corrected chi connectivity index (χ4v) is 0.966. The molecule has 5 heteroatoms. The van der Waals surface area contributed by atoms with Gasteiger partial charge in [0.25, 0.3) is 0 Å². The van der Waals surface area contributed by atoms with Crippen molar-refractivity contribution >= 4 is 9.05 Å². The topological polar surface area (TPSA) is 69.9 Å². The number of benzene rings is 1. The third kappa shape index (κ3) is 11.3. The zero-order valence-corrected chi connectivity index (χ0v) is 8.42. The van der Waals surface area contributed by atoms with Crippen LogP contribution in [0.2, 0.25) is 0 Å². The van der Waals surface area contributed by atoms with Crippen LogP contribution in [0.1, 0.15) is 6.92 Å². The second-order valence-electron chi connectivity index (χ2n) is 2.16. The molecule has 3 N–H and O–H groups in total. The van der Waals surface area contributed by atoms with Crippen molar-refractivity contribution in [1.29, 1.82) is 0 Å². The van der Waals surface area contributed by atoms with Gasteiger partial charge in [-0.3, -0.25) is 0 Å². The second-order valence-corrected chi connectivity index (χ2v) is 3.60. The first-order chi connectivity index (χ1) is 6.06. The van der Waals surface area contributed by atoms with Gasteiger partial charge in [0, 0.05) is 6.61 Å². The standard InChI is InChI=1S/C6H6.C2H8O4Si/c1-2-4-6-5-3-1;1-2-6-7(3,4)5/h1-6H;3-5H,2H2,1H3. The summed E-state index contributed by atoms with van der Waals surface area (Å²) >= 11 is 0. The van der Waals surface area contributed by atoms with Crippen molar-refractivity contribution in [1.82, 2.24) is 0 Å². The Morgan fingerprint density at radius 2 is 1.23 bits per heavy atom. The fraction of sp³-hybridized carbons (Fsp3) is 0.250. The van der Waals surface area contributed by atoms with E-state index in [4.69, 9.17) is 14.4 Å². The molecule has 0 fully saturated rings. The van der Waals surface area contributed by atoms with Crippen LogP contribution in [0.4, 0.5) is 0 Å². The monoisotopic (exact) mass is 202 g/mol. The minimum atomic E-state index is -4.16. The molecule has 13 heavy (non-hydrogen) atoms. The van der Waals surface area contributed by atoms with E-state index < -0.39 is 9.05 Å². The molecule has 1 rings (SSSR count). The van der Waals surface area contributed by atoms with Gasteiger partial charge in [-0.2, -0.15) is 0 Å². The number of hydrogen-bond donors (Lipinski definition) is 3. The zero-order chi connectivity index (χ0) is 10.2. The van der Waals surface area contributed by atoms with Crippen LogP contribution in [-0.4, -0.2) is 30.0 Å². The van der Waals surface area contributed by atoms with E-state index in [1.54, 1.807) is 6.92 Å². The first-order valence-electron chi connectivity index (χ1n) is 3.87. The second kappa shape index (κ2) is 6.76. The number of rotatable bonds is 2. The molecule has 0 bridgehead atoms. The molecule has 4 nitrogen and oxygen atoms in total. The van der Waals surface area contributed by atoms with Crippen molar-refractivity contribution in [3.63, 3.8) is 0 Å². The van der Waals surface area contributed by atoms with Crippen LogP contribution >= 0.6 is 0 Å². The van der Waals surface area contributed by atoms with Crippen LogP contribution in [0.3, 0.4) is 0 Å². The van der Waals surface area contributed by atoms with E-state index in [0.29, 0.717) is 0 Å². The molecule has 0 aliphatic carbocycles. The van der Waals surface area contributed by atoms with E-state index in [-0.39, 0.29) is 6.61 Å². The summed E-state index contributed by atoms with van der Waals surface area (Å²) in [6, 6.07) is 12.0. The van der Waals surface area contributed by atoms with Gasteiger partial charge in [-0.25, -0.2) is 0 Å². The molecular formula is C8H14O4Si. The predicted octanol–water partition coefficient (Wildman–Crippen LogP) is 0.122. The van der Waals surface area contributed by atoms with E-state index >= 15 is 0 Å². The molecule has 0 aliphatic rings. The van der Waals surface area contributed by atoms with Crippen LogP contribution < -0.4 is 0 Å². The summed E-state index contributed by atoms with van der Waals surface area (Å²) < 4.78 is 4.03. The first-order valence-corrected chi connectivity index (χ1v) is 5.62. The maximum atomic E-state index is 8.05. The maximum Gasteiger partial charge on any atom is 0.671 e. The van der Waals surface area contributed by atoms with Crippen LogP contribution in [0, 0.1) is 0 Å². The van der Waals surface area contributed by atoms with Gasteiger partial charge in [-0.15, -0.1) is 0 Å². The third-order valence-corrected chi connectivity index (χ3v) is 1.68. The van der Waals surface area contributed by atoms with Gasteiger partial charge >= 0.3 is 9.05 Å². The lowest BCUT2D eigenvalue weighted by molar-refractivity contribution is 0.0687. The van der Waals surface area contributed by atoms with Gasteiger partial charge in [0.2, 0.25) is 0 Å². The summed E-state index contributed by atoms with van der Waals surface area (Å²) in [6.07, 6.45) is 0. The van der Waals surface area contributed by atoms with Crippen LogP contribution in [0.5, 0.6) is 0 Å². The minimum Gasteiger partial charge on any atom is -0.368 e. The minimum absolute atomic E-state index is 0.121. The summed E-state index contributed by atoms with van der Waals surface area (Å²) in [5, 5.41) is 0. The average molecular weight is 202 g/mol. The van der Waals surface area contributed by atoms with Gasteiger partial charge in [0.05, 0.1) is 0 Å². The molecule has 0 saturated heterocycles. The van der Waals surface area contributed by atoms with Gasteiger partial charge in [-0.1, -0.05) is 36.4 Å². The molecule has 0 radical (unpaired) electrons. The molecule has 0 aromatic heterocycles. The number of hydrogen-bond acceptors (Lipinski definition) is 4. The van der Waals surface area contributed by atoms with Crippen molar-refractivity contribution in [3.05, 3.63) is 36.4 Å². The zero-order valence-electron chi connectivity index (χ0n) is 7.42. The third-order valence-electron chi connectivity index (χ3n) is 1.00. The molecule has 0 heterocycles.